The minimum absolute atomic E-state index is 0.201. The second-order valence-electron chi connectivity index (χ2n) is 5.60. The Balaban J connectivity index is 1.82. The zero-order chi connectivity index (χ0) is 17.9. The second-order valence-corrected chi connectivity index (χ2v) is 7.55. The maximum Gasteiger partial charge on any atom is 0.206 e. The molecular formula is C19H17N3O2S. The summed E-state index contributed by atoms with van der Waals surface area (Å²) in [6.07, 6.45) is 0. The monoisotopic (exact) mass is 351 g/mol. The van der Waals surface area contributed by atoms with Crippen LogP contribution in [0.25, 0.3) is 0 Å². The predicted molar refractivity (Wildman–Crippen MR) is 98.1 cm³/mol. The molecule has 0 unspecified atom stereocenters. The molecule has 0 aliphatic rings. The molecule has 0 aromatic heterocycles. The van der Waals surface area contributed by atoms with E-state index in [-0.39, 0.29) is 9.79 Å². The number of benzene rings is 3. The van der Waals surface area contributed by atoms with Crippen LogP contribution >= 0.6 is 0 Å². The minimum atomic E-state index is -3.57. The van der Waals surface area contributed by atoms with Crippen molar-refractivity contribution in [1.82, 2.24) is 0 Å². The van der Waals surface area contributed by atoms with E-state index in [2.05, 4.69) is 10.2 Å². The van der Waals surface area contributed by atoms with Gasteiger partial charge in [0.2, 0.25) is 9.84 Å². The topological polar surface area (TPSA) is 84.9 Å². The molecule has 3 aromatic rings. The summed E-state index contributed by atoms with van der Waals surface area (Å²) in [5.41, 5.74) is 8.59. The van der Waals surface area contributed by atoms with Crippen molar-refractivity contribution in [2.75, 3.05) is 5.73 Å². The van der Waals surface area contributed by atoms with Crippen LogP contribution in [0.1, 0.15) is 5.56 Å². The lowest BCUT2D eigenvalue weighted by atomic mass is 10.2. The van der Waals surface area contributed by atoms with Gasteiger partial charge >= 0.3 is 0 Å². The summed E-state index contributed by atoms with van der Waals surface area (Å²) in [5, 5.41) is 8.27. The molecule has 0 fully saturated rings. The van der Waals surface area contributed by atoms with E-state index in [1.807, 2.05) is 31.2 Å². The lowest BCUT2D eigenvalue weighted by Gasteiger charge is -2.05. The van der Waals surface area contributed by atoms with E-state index in [1.54, 1.807) is 24.3 Å². The highest BCUT2D eigenvalue weighted by Gasteiger charge is 2.17. The van der Waals surface area contributed by atoms with Gasteiger partial charge in [0.1, 0.15) is 0 Å². The van der Waals surface area contributed by atoms with Gasteiger partial charge in [-0.25, -0.2) is 8.42 Å². The van der Waals surface area contributed by atoms with Crippen molar-refractivity contribution in [1.29, 1.82) is 0 Å². The molecule has 0 atom stereocenters. The van der Waals surface area contributed by atoms with E-state index in [1.165, 1.54) is 24.3 Å². The van der Waals surface area contributed by atoms with Gasteiger partial charge in [-0.1, -0.05) is 17.7 Å². The molecule has 126 valence electrons. The third kappa shape index (κ3) is 3.92. The fourth-order valence-corrected chi connectivity index (χ4v) is 3.46. The van der Waals surface area contributed by atoms with Crippen molar-refractivity contribution in [3.05, 3.63) is 78.4 Å². The molecule has 0 saturated carbocycles. The molecule has 6 heteroatoms. The molecular weight excluding hydrogens is 334 g/mol. The van der Waals surface area contributed by atoms with Gasteiger partial charge in [0, 0.05) is 5.69 Å². The second kappa shape index (κ2) is 6.86. The van der Waals surface area contributed by atoms with Gasteiger partial charge in [-0.15, -0.1) is 0 Å². The van der Waals surface area contributed by atoms with Crippen LogP contribution in [0, 0.1) is 6.92 Å². The first-order chi connectivity index (χ1) is 11.9. The average Bonchev–Trinajstić information content (AvgIpc) is 2.62. The predicted octanol–water partition coefficient (Wildman–Crippen LogP) is 4.83. The van der Waals surface area contributed by atoms with Crippen LogP contribution < -0.4 is 5.73 Å². The Morgan fingerprint density at radius 3 is 1.56 bits per heavy atom. The van der Waals surface area contributed by atoms with Crippen LogP contribution in [0.2, 0.25) is 0 Å². The molecule has 0 radical (unpaired) electrons. The first kappa shape index (κ1) is 16.9. The lowest BCUT2D eigenvalue weighted by molar-refractivity contribution is 0.596. The van der Waals surface area contributed by atoms with Crippen LogP contribution in [-0.2, 0) is 9.84 Å². The highest BCUT2D eigenvalue weighted by atomic mass is 32.2. The maximum atomic E-state index is 12.6. The first-order valence-corrected chi connectivity index (χ1v) is 9.12. The van der Waals surface area contributed by atoms with Gasteiger partial charge in [0.15, 0.2) is 0 Å². The van der Waals surface area contributed by atoms with Crippen molar-refractivity contribution in [2.45, 2.75) is 16.7 Å². The Morgan fingerprint density at radius 1 is 0.680 bits per heavy atom. The van der Waals surface area contributed by atoms with Crippen LogP contribution in [0.5, 0.6) is 0 Å². The van der Waals surface area contributed by atoms with Crippen molar-refractivity contribution in [3.63, 3.8) is 0 Å². The summed E-state index contributed by atoms with van der Waals surface area (Å²) in [6, 6.07) is 20.1. The number of hydrogen-bond donors (Lipinski definition) is 1. The molecule has 2 N–H and O–H groups in total. The standard InChI is InChI=1S/C19H17N3O2S/c1-14-2-6-16(7-3-14)21-22-17-8-12-19(13-9-17)25(23,24)18-10-4-15(20)5-11-18/h2-13H,20H2,1H3. The van der Waals surface area contributed by atoms with Gasteiger partial charge in [-0.2, -0.15) is 10.2 Å². The fraction of sp³-hybridized carbons (Fsp3) is 0.0526. The SMILES string of the molecule is Cc1ccc(N=Nc2ccc(S(=O)(=O)c3ccc(N)cc3)cc2)cc1. The third-order valence-corrected chi connectivity index (χ3v) is 5.44. The summed E-state index contributed by atoms with van der Waals surface area (Å²) in [4.78, 5) is 0.405. The summed E-state index contributed by atoms with van der Waals surface area (Å²) < 4.78 is 25.1. The van der Waals surface area contributed by atoms with Gasteiger partial charge in [0.05, 0.1) is 21.2 Å². The highest BCUT2D eigenvalue weighted by molar-refractivity contribution is 7.91. The molecule has 3 rings (SSSR count). The first-order valence-electron chi connectivity index (χ1n) is 7.64. The number of aryl methyl sites for hydroxylation is 1. The number of sulfone groups is 1. The molecule has 5 nitrogen and oxygen atoms in total. The largest absolute Gasteiger partial charge is 0.399 e. The summed E-state index contributed by atoms with van der Waals surface area (Å²) in [7, 11) is -3.57. The Kier molecular flexibility index (Phi) is 4.63. The van der Waals surface area contributed by atoms with E-state index in [9.17, 15) is 8.42 Å². The summed E-state index contributed by atoms with van der Waals surface area (Å²) in [6.45, 7) is 2.00. The van der Waals surface area contributed by atoms with Crippen LogP contribution in [0.4, 0.5) is 17.1 Å². The molecule has 0 bridgehead atoms. The normalized spacial score (nSPS) is 11.7. The quantitative estimate of drug-likeness (QED) is 0.540. The number of anilines is 1. The van der Waals surface area contributed by atoms with Gasteiger partial charge in [0.25, 0.3) is 0 Å². The number of azo groups is 1. The molecule has 0 aliphatic carbocycles. The van der Waals surface area contributed by atoms with Crippen LogP contribution in [-0.4, -0.2) is 8.42 Å². The smallest absolute Gasteiger partial charge is 0.206 e. The number of nitrogens with zero attached hydrogens (tertiary/aromatic N) is 2. The molecule has 0 spiro atoms. The molecule has 0 amide bonds. The molecule has 3 aromatic carbocycles. The van der Waals surface area contributed by atoms with E-state index >= 15 is 0 Å². The number of rotatable bonds is 4. The van der Waals surface area contributed by atoms with E-state index in [0.717, 1.165) is 11.3 Å². The number of hydrogen-bond acceptors (Lipinski definition) is 5. The highest BCUT2D eigenvalue weighted by Crippen LogP contribution is 2.25. The van der Waals surface area contributed by atoms with Crippen molar-refractivity contribution < 1.29 is 8.42 Å². The Labute approximate surface area is 146 Å². The fourth-order valence-electron chi connectivity index (χ4n) is 2.20. The van der Waals surface area contributed by atoms with Gasteiger partial charge in [-0.05, 0) is 67.6 Å². The van der Waals surface area contributed by atoms with E-state index in [4.69, 9.17) is 5.73 Å². The lowest BCUT2D eigenvalue weighted by Crippen LogP contribution is -2.01. The molecule has 25 heavy (non-hydrogen) atoms. The van der Waals surface area contributed by atoms with Crippen LogP contribution in [0.15, 0.2) is 92.8 Å². The summed E-state index contributed by atoms with van der Waals surface area (Å²) >= 11 is 0. The third-order valence-electron chi connectivity index (χ3n) is 3.65. The molecule has 0 saturated heterocycles. The Morgan fingerprint density at radius 2 is 1.08 bits per heavy atom. The van der Waals surface area contributed by atoms with Gasteiger partial charge < -0.3 is 5.73 Å². The van der Waals surface area contributed by atoms with Crippen molar-refractivity contribution >= 4 is 26.9 Å². The zero-order valence-electron chi connectivity index (χ0n) is 13.6. The minimum Gasteiger partial charge on any atom is -0.399 e. The van der Waals surface area contributed by atoms with Crippen LogP contribution in [0.3, 0.4) is 0 Å². The average molecular weight is 351 g/mol. The van der Waals surface area contributed by atoms with Crippen molar-refractivity contribution in [2.24, 2.45) is 10.2 Å². The Hall–Kier alpha value is -2.99. The Bertz CT molecular complexity index is 992. The van der Waals surface area contributed by atoms with Gasteiger partial charge in [-0.3, -0.25) is 0 Å². The zero-order valence-corrected chi connectivity index (χ0v) is 14.4. The molecule has 0 aliphatic heterocycles. The summed E-state index contributed by atoms with van der Waals surface area (Å²) in [5.74, 6) is 0. The van der Waals surface area contributed by atoms with E-state index in [0.29, 0.717) is 11.4 Å². The number of nitrogen functional groups attached to an aromatic ring is 1. The van der Waals surface area contributed by atoms with E-state index < -0.39 is 9.84 Å². The maximum absolute atomic E-state index is 12.6. The van der Waals surface area contributed by atoms with Crippen molar-refractivity contribution in [3.8, 4) is 0 Å². The number of nitrogens with two attached hydrogens (primary N) is 1. The molecule has 0 heterocycles.